The van der Waals surface area contributed by atoms with Crippen LogP contribution in [0, 0.1) is 5.92 Å². The summed E-state index contributed by atoms with van der Waals surface area (Å²) in [6.45, 7) is 5.55. The van der Waals surface area contributed by atoms with Gasteiger partial charge in [-0.05, 0) is 19.3 Å². The molecule has 12 heavy (non-hydrogen) atoms. The summed E-state index contributed by atoms with van der Waals surface area (Å²) in [5.74, 6) is 0.355. The third-order valence-corrected chi connectivity index (χ3v) is 2.01. The van der Waals surface area contributed by atoms with Gasteiger partial charge in [-0.3, -0.25) is 4.18 Å². The standard InChI is InChI=1S/C6H15NO4S/c1-5(2)4-6(3)11-12(9,10)7-8/h5-8H,4H2,1-3H3. The van der Waals surface area contributed by atoms with Crippen LogP contribution in [0.4, 0.5) is 0 Å². The van der Waals surface area contributed by atoms with Gasteiger partial charge in [-0.25, -0.2) is 0 Å². The van der Waals surface area contributed by atoms with Gasteiger partial charge in [0.1, 0.15) is 0 Å². The molecule has 0 aromatic heterocycles. The largest absolute Gasteiger partial charge is 0.358 e. The molecule has 2 N–H and O–H groups in total. The molecular weight excluding hydrogens is 182 g/mol. The van der Waals surface area contributed by atoms with E-state index in [0.29, 0.717) is 12.3 Å². The molecule has 0 aliphatic heterocycles. The van der Waals surface area contributed by atoms with Crippen molar-refractivity contribution in [1.29, 1.82) is 0 Å². The molecule has 5 nitrogen and oxygen atoms in total. The molecule has 0 radical (unpaired) electrons. The lowest BCUT2D eigenvalue weighted by Gasteiger charge is -2.13. The molecule has 0 rings (SSSR count). The second-order valence-corrected chi connectivity index (χ2v) is 4.37. The minimum Gasteiger partial charge on any atom is -0.300 e. The summed E-state index contributed by atoms with van der Waals surface area (Å²) in [5.41, 5.74) is 0. The molecule has 0 bridgehead atoms. The molecule has 6 heteroatoms. The maximum atomic E-state index is 10.6. The Labute approximate surface area is 72.9 Å². The highest BCUT2D eigenvalue weighted by Crippen LogP contribution is 2.08. The summed E-state index contributed by atoms with van der Waals surface area (Å²) in [7, 11) is -3.96. The Morgan fingerprint density at radius 3 is 2.25 bits per heavy atom. The van der Waals surface area contributed by atoms with Gasteiger partial charge >= 0.3 is 10.3 Å². The summed E-state index contributed by atoms with van der Waals surface area (Å²) < 4.78 is 25.7. The Bertz CT molecular complexity index is 212. The summed E-state index contributed by atoms with van der Waals surface area (Å²) >= 11 is 0. The topological polar surface area (TPSA) is 75.6 Å². The van der Waals surface area contributed by atoms with Crippen molar-refractivity contribution in [2.24, 2.45) is 5.92 Å². The lowest BCUT2D eigenvalue weighted by atomic mass is 10.1. The summed E-state index contributed by atoms with van der Waals surface area (Å²) in [5, 5.41) is 8.11. The van der Waals surface area contributed by atoms with Gasteiger partial charge in [0.25, 0.3) is 0 Å². The van der Waals surface area contributed by atoms with E-state index in [-0.39, 0.29) is 0 Å². The van der Waals surface area contributed by atoms with Crippen molar-refractivity contribution >= 4 is 10.3 Å². The molecular formula is C6H15NO4S. The van der Waals surface area contributed by atoms with E-state index < -0.39 is 16.4 Å². The van der Waals surface area contributed by atoms with Crippen LogP contribution >= 0.6 is 0 Å². The molecule has 1 unspecified atom stereocenters. The first kappa shape index (κ1) is 11.8. The van der Waals surface area contributed by atoms with Crippen LogP contribution in [-0.2, 0) is 14.5 Å². The van der Waals surface area contributed by atoms with Gasteiger partial charge in [-0.1, -0.05) is 18.7 Å². The first-order valence-corrected chi connectivity index (χ1v) is 5.12. The molecule has 0 heterocycles. The average Bonchev–Trinajstić information content (AvgIpc) is 1.84. The molecule has 0 saturated carbocycles. The van der Waals surface area contributed by atoms with Crippen molar-refractivity contribution in [2.75, 3.05) is 0 Å². The second kappa shape index (κ2) is 4.76. The van der Waals surface area contributed by atoms with E-state index in [1.807, 2.05) is 13.8 Å². The first-order valence-electron chi connectivity index (χ1n) is 3.71. The molecule has 0 aromatic rings. The Balaban J connectivity index is 3.93. The van der Waals surface area contributed by atoms with Crippen LogP contribution in [0.15, 0.2) is 0 Å². The first-order chi connectivity index (χ1) is 5.37. The zero-order valence-corrected chi connectivity index (χ0v) is 8.26. The number of hydrogen-bond acceptors (Lipinski definition) is 4. The molecule has 0 aliphatic rings. The Kier molecular flexibility index (Phi) is 4.69. The summed E-state index contributed by atoms with van der Waals surface area (Å²) in [4.78, 5) is 1.10. The number of hydrogen-bond donors (Lipinski definition) is 2. The predicted molar refractivity (Wildman–Crippen MR) is 43.8 cm³/mol. The van der Waals surface area contributed by atoms with Crippen LogP contribution in [0.1, 0.15) is 27.2 Å². The lowest BCUT2D eigenvalue weighted by Crippen LogP contribution is -2.27. The van der Waals surface area contributed by atoms with Crippen LogP contribution < -0.4 is 4.89 Å². The summed E-state index contributed by atoms with van der Waals surface area (Å²) in [6, 6.07) is 0. The fraction of sp³-hybridized carbons (Fsp3) is 1.00. The second-order valence-electron chi connectivity index (χ2n) is 3.08. The highest BCUT2D eigenvalue weighted by Gasteiger charge is 2.15. The Morgan fingerprint density at radius 2 is 1.92 bits per heavy atom. The van der Waals surface area contributed by atoms with Gasteiger partial charge in [-0.2, -0.15) is 8.42 Å². The number of nitrogens with one attached hydrogen (secondary N) is 1. The minimum atomic E-state index is -3.96. The molecule has 0 amide bonds. The van der Waals surface area contributed by atoms with Gasteiger partial charge in [0.05, 0.1) is 6.10 Å². The van der Waals surface area contributed by atoms with Crippen LogP contribution in [0.3, 0.4) is 0 Å². The SMILES string of the molecule is CC(C)CC(C)OS(=O)(=O)NO. The van der Waals surface area contributed by atoms with Gasteiger partial charge in [-0.15, -0.1) is 0 Å². The van der Waals surface area contributed by atoms with E-state index in [1.165, 1.54) is 0 Å². The molecule has 74 valence electrons. The van der Waals surface area contributed by atoms with Crippen molar-refractivity contribution < 1.29 is 17.8 Å². The summed E-state index contributed by atoms with van der Waals surface area (Å²) in [6.07, 6.45) is 0.204. The van der Waals surface area contributed by atoms with E-state index in [9.17, 15) is 8.42 Å². The van der Waals surface area contributed by atoms with Crippen molar-refractivity contribution in [3.05, 3.63) is 0 Å². The fourth-order valence-corrected chi connectivity index (χ4v) is 1.50. The van der Waals surface area contributed by atoms with Gasteiger partial charge in [0, 0.05) is 0 Å². The third-order valence-electron chi connectivity index (χ3n) is 1.21. The van der Waals surface area contributed by atoms with Crippen molar-refractivity contribution in [2.45, 2.75) is 33.3 Å². The molecule has 0 saturated heterocycles. The maximum Gasteiger partial charge on any atom is 0.358 e. The van der Waals surface area contributed by atoms with E-state index in [2.05, 4.69) is 4.18 Å². The monoisotopic (exact) mass is 197 g/mol. The van der Waals surface area contributed by atoms with Gasteiger partial charge < -0.3 is 5.21 Å². The average molecular weight is 197 g/mol. The van der Waals surface area contributed by atoms with Gasteiger partial charge in [0.15, 0.2) is 0 Å². The molecule has 1 atom stereocenters. The van der Waals surface area contributed by atoms with Crippen molar-refractivity contribution in [1.82, 2.24) is 4.89 Å². The maximum absolute atomic E-state index is 10.6. The van der Waals surface area contributed by atoms with E-state index in [0.717, 1.165) is 4.89 Å². The van der Waals surface area contributed by atoms with E-state index in [1.54, 1.807) is 6.92 Å². The zero-order chi connectivity index (χ0) is 9.78. The lowest BCUT2D eigenvalue weighted by molar-refractivity contribution is 0.160. The molecule has 0 aliphatic carbocycles. The highest BCUT2D eigenvalue weighted by atomic mass is 32.2. The Hall–Kier alpha value is -0.170. The normalized spacial score (nSPS) is 15.1. The van der Waals surface area contributed by atoms with Crippen LogP contribution in [0.25, 0.3) is 0 Å². The quantitative estimate of drug-likeness (QED) is 0.635. The highest BCUT2D eigenvalue weighted by molar-refractivity contribution is 7.84. The van der Waals surface area contributed by atoms with E-state index >= 15 is 0 Å². The van der Waals surface area contributed by atoms with Crippen LogP contribution in [-0.4, -0.2) is 19.7 Å². The molecule has 0 spiro atoms. The van der Waals surface area contributed by atoms with Gasteiger partial charge in [0.2, 0.25) is 0 Å². The predicted octanol–water partition coefficient (Wildman–Crippen LogP) is 0.661. The molecule has 0 fully saturated rings. The van der Waals surface area contributed by atoms with Crippen LogP contribution in [0.2, 0.25) is 0 Å². The number of rotatable bonds is 5. The van der Waals surface area contributed by atoms with Crippen molar-refractivity contribution in [3.8, 4) is 0 Å². The third kappa shape index (κ3) is 5.48. The zero-order valence-electron chi connectivity index (χ0n) is 7.44. The fourth-order valence-electron chi connectivity index (χ4n) is 0.941. The van der Waals surface area contributed by atoms with Crippen molar-refractivity contribution in [3.63, 3.8) is 0 Å². The Morgan fingerprint density at radius 1 is 1.42 bits per heavy atom. The van der Waals surface area contributed by atoms with Crippen LogP contribution in [0.5, 0.6) is 0 Å². The van der Waals surface area contributed by atoms with E-state index in [4.69, 9.17) is 5.21 Å². The minimum absolute atomic E-state index is 0.355. The smallest absolute Gasteiger partial charge is 0.300 e. The molecule has 0 aromatic carbocycles.